The van der Waals surface area contributed by atoms with Gasteiger partial charge >= 0.3 is 16.2 Å². The van der Waals surface area contributed by atoms with Crippen LogP contribution in [-0.2, 0) is 39.7 Å². The molecule has 3 heterocycles. The van der Waals surface area contributed by atoms with Gasteiger partial charge in [-0.05, 0) is 27.5 Å². The van der Waals surface area contributed by atoms with E-state index in [-0.39, 0.29) is 29.3 Å². The number of benzene rings is 1. The number of hydrogen-bond donors (Lipinski definition) is 2. The van der Waals surface area contributed by atoms with Crippen molar-refractivity contribution < 1.29 is 32.7 Å². The van der Waals surface area contributed by atoms with Crippen LogP contribution in [0.3, 0.4) is 0 Å². The van der Waals surface area contributed by atoms with Crippen molar-refractivity contribution in [3.63, 3.8) is 0 Å². The van der Waals surface area contributed by atoms with E-state index in [1.807, 2.05) is 41.5 Å². The molecule has 3 aliphatic rings. The van der Waals surface area contributed by atoms with Gasteiger partial charge < -0.3 is 28.1 Å². The third kappa shape index (κ3) is 5.40. The summed E-state index contributed by atoms with van der Waals surface area (Å²) in [6.07, 6.45) is -0.134. The highest BCUT2D eigenvalue weighted by Crippen LogP contribution is 2.55. The quantitative estimate of drug-likeness (QED) is 0.616. The SMILES string of the molecule is CC(C)(C)c1cc(CP(=O)(O)OCC23COP(OC2)OC3)cc(C(C)(C)C)c1O. The Morgan fingerprint density at radius 2 is 1.48 bits per heavy atom. The summed E-state index contributed by atoms with van der Waals surface area (Å²) in [6, 6.07) is 3.61. The second kappa shape index (κ2) is 7.87. The van der Waals surface area contributed by atoms with Gasteiger partial charge in [0.2, 0.25) is 0 Å². The van der Waals surface area contributed by atoms with Crippen molar-refractivity contribution in [1.82, 2.24) is 0 Å². The first kappa shape index (κ1) is 23.1. The van der Waals surface area contributed by atoms with Crippen molar-refractivity contribution in [2.45, 2.75) is 58.5 Å². The monoisotopic (exact) mass is 446 g/mol. The maximum Gasteiger partial charge on any atom is 0.332 e. The highest BCUT2D eigenvalue weighted by Gasteiger charge is 2.46. The fraction of sp³-hybridized carbons (Fsp3) is 0.700. The van der Waals surface area contributed by atoms with E-state index in [0.29, 0.717) is 25.4 Å². The molecule has 1 atom stereocenters. The van der Waals surface area contributed by atoms with Crippen molar-refractivity contribution >= 4 is 16.2 Å². The average Bonchev–Trinajstić information content (AvgIpc) is 2.61. The molecule has 0 amide bonds. The lowest BCUT2D eigenvalue weighted by molar-refractivity contribution is -0.0929. The van der Waals surface area contributed by atoms with Gasteiger partial charge in [0.15, 0.2) is 0 Å². The van der Waals surface area contributed by atoms with Crippen molar-refractivity contribution in [1.29, 1.82) is 0 Å². The summed E-state index contributed by atoms with van der Waals surface area (Å²) >= 11 is 0. The molecule has 4 rings (SSSR count). The van der Waals surface area contributed by atoms with E-state index >= 15 is 0 Å². The van der Waals surface area contributed by atoms with E-state index in [2.05, 4.69) is 0 Å². The Labute approximate surface area is 174 Å². The lowest BCUT2D eigenvalue weighted by Gasteiger charge is -2.43. The Morgan fingerprint density at radius 1 is 1.03 bits per heavy atom. The predicted octanol–water partition coefficient (Wildman–Crippen LogP) is 4.98. The van der Waals surface area contributed by atoms with Gasteiger partial charge in [-0.15, -0.1) is 0 Å². The molecule has 2 N–H and O–H groups in total. The third-order valence-electron chi connectivity index (χ3n) is 5.17. The first-order valence-electron chi connectivity index (χ1n) is 9.73. The first-order valence-corrected chi connectivity index (χ1v) is 12.6. The molecule has 1 aromatic rings. The molecule has 1 unspecified atom stereocenters. The minimum Gasteiger partial charge on any atom is -0.507 e. The normalized spacial score (nSPS) is 27.1. The van der Waals surface area contributed by atoms with Crippen LogP contribution in [0.1, 0.15) is 58.2 Å². The smallest absolute Gasteiger partial charge is 0.332 e. The molecule has 29 heavy (non-hydrogen) atoms. The number of phenolic OH excluding ortho intramolecular Hbond substituents is 1. The van der Waals surface area contributed by atoms with E-state index in [1.165, 1.54) is 0 Å². The summed E-state index contributed by atoms with van der Waals surface area (Å²) in [6.45, 7) is 13.3. The Kier molecular flexibility index (Phi) is 6.28. The summed E-state index contributed by atoms with van der Waals surface area (Å²) in [5, 5.41) is 10.8. The Bertz CT molecular complexity index is 753. The molecule has 0 saturated carbocycles. The fourth-order valence-corrected chi connectivity index (χ4v) is 5.95. The third-order valence-corrected chi connectivity index (χ3v) is 7.49. The number of rotatable bonds is 5. The molecular weight excluding hydrogens is 414 g/mol. The van der Waals surface area contributed by atoms with Crippen LogP contribution in [-0.4, -0.2) is 36.4 Å². The number of hydrogen-bond acceptors (Lipinski definition) is 6. The predicted molar refractivity (Wildman–Crippen MR) is 112 cm³/mol. The molecular formula is C20H32O7P2. The second-order valence-electron chi connectivity index (χ2n) is 10.2. The highest BCUT2D eigenvalue weighted by atomic mass is 31.2. The lowest BCUT2D eigenvalue weighted by atomic mass is 9.78. The number of aromatic hydroxyl groups is 1. The van der Waals surface area contributed by atoms with Crippen LogP contribution in [0.5, 0.6) is 5.75 Å². The van der Waals surface area contributed by atoms with Crippen LogP contribution in [0.2, 0.25) is 0 Å². The molecule has 3 saturated heterocycles. The van der Waals surface area contributed by atoms with E-state index in [9.17, 15) is 14.6 Å². The minimum atomic E-state index is -3.92. The summed E-state index contributed by atoms with van der Waals surface area (Å²) in [5.74, 6) is 0.244. The van der Waals surface area contributed by atoms with Gasteiger partial charge in [-0.25, -0.2) is 0 Å². The summed E-state index contributed by atoms with van der Waals surface area (Å²) in [7, 11) is -5.18. The second-order valence-corrected chi connectivity index (χ2v) is 13.2. The highest BCUT2D eigenvalue weighted by molar-refractivity contribution is 7.51. The van der Waals surface area contributed by atoms with Crippen molar-refractivity contribution in [3.05, 3.63) is 28.8 Å². The first-order chi connectivity index (χ1) is 13.2. The molecule has 0 spiro atoms. The zero-order chi connectivity index (χ0) is 21.7. The molecule has 0 aliphatic carbocycles. The summed E-state index contributed by atoms with van der Waals surface area (Å²) in [5.41, 5.74) is 1.00. The van der Waals surface area contributed by atoms with Crippen LogP contribution >= 0.6 is 16.2 Å². The van der Waals surface area contributed by atoms with Gasteiger partial charge in [-0.3, -0.25) is 4.57 Å². The van der Waals surface area contributed by atoms with Gasteiger partial charge in [-0.2, -0.15) is 0 Å². The molecule has 9 heteroatoms. The Balaban J connectivity index is 1.81. The minimum absolute atomic E-state index is 0.0281. The van der Waals surface area contributed by atoms with E-state index in [4.69, 9.17) is 18.1 Å². The van der Waals surface area contributed by atoms with Crippen molar-refractivity contribution in [2.24, 2.45) is 5.41 Å². The van der Waals surface area contributed by atoms with Gasteiger partial charge in [0.1, 0.15) is 5.75 Å². The van der Waals surface area contributed by atoms with Crippen molar-refractivity contribution in [3.8, 4) is 5.75 Å². The van der Waals surface area contributed by atoms with Crippen molar-refractivity contribution in [2.75, 3.05) is 26.4 Å². The Hall–Kier alpha value is -0.520. The van der Waals surface area contributed by atoms with Crippen LogP contribution < -0.4 is 0 Å². The van der Waals surface area contributed by atoms with Gasteiger partial charge in [0.05, 0.1) is 38.0 Å². The fourth-order valence-electron chi connectivity index (χ4n) is 3.37. The maximum absolute atomic E-state index is 12.9. The molecule has 164 valence electrons. The van der Waals surface area contributed by atoms with Gasteiger partial charge in [0.25, 0.3) is 0 Å². The standard InChI is InChI=1S/C20H32O7P2/c1-18(2,3)15-7-14(8-16(17(15)21)19(4,5)6)9-29(22,23)27-13-20-10-24-28(25-11-20)26-12-20/h7-8,21H,9-13H2,1-6H3,(H,22,23). The lowest BCUT2D eigenvalue weighted by Crippen LogP contribution is -2.46. The largest absolute Gasteiger partial charge is 0.507 e. The zero-order valence-electron chi connectivity index (χ0n) is 18.0. The molecule has 2 bridgehead atoms. The van der Waals surface area contributed by atoms with E-state index < -0.39 is 21.6 Å². The molecule has 7 nitrogen and oxygen atoms in total. The molecule has 3 fully saturated rings. The van der Waals surface area contributed by atoms with Crippen LogP contribution in [0.25, 0.3) is 0 Å². The molecule has 1 aromatic carbocycles. The zero-order valence-corrected chi connectivity index (χ0v) is 19.8. The van der Waals surface area contributed by atoms with Crippen LogP contribution in [0, 0.1) is 5.41 Å². The Morgan fingerprint density at radius 3 is 1.90 bits per heavy atom. The van der Waals surface area contributed by atoms with E-state index in [0.717, 1.165) is 11.1 Å². The summed E-state index contributed by atoms with van der Waals surface area (Å²) < 4.78 is 34.6. The van der Waals surface area contributed by atoms with Crippen LogP contribution in [0.4, 0.5) is 0 Å². The molecule has 0 radical (unpaired) electrons. The summed E-state index contributed by atoms with van der Waals surface area (Å²) in [4.78, 5) is 10.5. The number of fused-ring (bicyclic) bond motifs is 3. The topological polar surface area (TPSA) is 94.5 Å². The van der Waals surface area contributed by atoms with E-state index in [1.54, 1.807) is 12.1 Å². The maximum atomic E-state index is 12.9. The average molecular weight is 446 g/mol. The van der Waals surface area contributed by atoms with Crippen LogP contribution in [0.15, 0.2) is 12.1 Å². The molecule has 0 aromatic heterocycles. The molecule has 3 aliphatic heterocycles. The number of phenols is 1. The van der Waals surface area contributed by atoms with Gasteiger partial charge in [0, 0.05) is 0 Å². The van der Waals surface area contributed by atoms with Gasteiger partial charge in [-0.1, -0.05) is 53.7 Å².